The first-order valence-electron chi connectivity index (χ1n) is 6.14. The van der Waals surface area contributed by atoms with Gasteiger partial charge in [0.25, 0.3) is 0 Å². The summed E-state index contributed by atoms with van der Waals surface area (Å²) in [4.78, 5) is 0. The lowest BCUT2D eigenvalue weighted by molar-refractivity contribution is 0.439. The Labute approximate surface area is 94.7 Å². The Morgan fingerprint density at radius 1 is 1.00 bits per heavy atom. The first kappa shape index (κ1) is 12.3. The molecular weight excluding hydrogens is 180 g/mol. The van der Waals surface area contributed by atoms with Crippen LogP contribution in [0.25, 0.3) is 0 Å². The van der Waals surface area contributed by atoms with Gasteiger partial charge in [-0.05, 0) is 35.3 Å². The van der Waals surface area contributed by atoms with E-state index < -0.39 is 0 Å². The highest BCUT2D eigenvalue weighted by atomic mass is 14.3. The summed E-state index contributed by atoms with van der Waals surface area (Å²) in [5.74, 6) is 0.633. The minimum absolute atomic E-state index is 0.357. The van der Waals surface area contributed by atoms with E-state index in [4.69, 9.17) is 0 Å². The van der Waals surface area contributed by atoms with Crippen LogP contribution in [-0.2, 0) is 5.41 Å². The van der Waals surface area contributed by atoms with Crippen LogP contribution in [0.4, 0.5) is 0 Å². The highest BCUT2D eigenvalue weighted by molar-refractivity contribution is 5.29. The molecule has 1 aromatic carbocycles. The zero-order valence-electron chi connectivity index (χ0n) is 10.8. The topological polar surface area (TPSA) is 0 Å². The maximum atomic E-state index is 2.36. The van der Waals surface area contributed by atoms with Gasteiger partial charge in [0.05, 0.1) is 0 Å². The molecule has 0 aliphatic carbocycles. The molecule has 0 aliphatic heterocycles. The molecule has 0 bridgehead atoms. The Balaban J connectivity index is 2.97. The van der Waals surface area contributed by atoms with Gasteiger partial charge < -0.3 is 0 Å². The first-order chi connectivity index (χ1) is 7.03. The smallest absolute Gasteiger partial charge is 0.00805 e. The van der Waals surface area contributed by atoms with Crippen molar-refractivity contribution >= 4 is 0 Å². The monoisotopic (exact) mass is 204 g/mol. The Morgan fingerprint density at radius 3 is 1.80 bits per heavy atom. The fraction of sp³-hybridized carbons (Fsp3) is 0.600. The highest BCUT2D eigenvalue weighted by Crippen LogP contribution is 2.31. The Kier molecular flexibility index (Phi) is 3.96. The van der Waals surface area contributed by atoms with Gasteiger partial charge in [0.15, 0.2) is 0 Å². The summed E-state index contributed by atoms with van der Waals surface area (Å²) < 4.78 is 0. The normalized spacial score (nSPS) is 12.1. The second-order valence-electron chi connectivity index (χ2n) is 5.04. The molecular formula is C15H24. The van der Waals surface area contributed by atoms with E-state index in [-0.39, 0.29) is 0 Å². The van der Waals surface area contributed by atoms with Gasteiger partial charge in [-0.2, -0.15) is 0 Å². The Morgan fingerprint density at radius 2 is 1.47 bits per heavy atom. The minimum Gasteiger partial charge on any atom is -0.0645 e. The van der Waals surface area contributed by atoms with Gasteiger partial charge >= 0.3 is 0 Å². The van der Waals surface area contributed by atoms with Crippen LogP contribution in [0.5, 0.6) is 0 Å². The molecule has 0 heterocycles. The van der Waals surface area contributed by atoms with Gasteiger partial charge in [-0.15, -0.1) is 0 Å². The van der Waals surface area contributed by atoms with Gasteiger partial charge in [-0.1, -0.05) is 58.9 Å². The van der Waals surface area contributed by atoms with E-state index in [2.05, 4.69) is 58.9 Å². The third-order valence-electron chi connectivity index (χ3n) is 3.83. The van der Waals surface area contributed by atoms with E-state index in [9.17, 15) is 0 Å². The first-order valence-corrected chi connectivity index (χ1v) is 6.14. The summed E-state index contributed by atoms with van der Waals surface area (Å²) in [6.07, 6.45) is 2.43. The molecule has 0 unspecified atom stereocenters. The molecule has 0 radical (unpaired) electrons. The zero-order chi connectivity index (χ0) is 11.5. The summed E-state index contributed by atoms with van der Waals surface area (Å²) >= 11 is 0. The van der Waals surface area contributed by atoms with Crippen LogP contribution in [0, 0.1) is 0 Å². The van der Waals surface area contributed by atoms with Gasteiger partial charge in [-0.25, -0.2) is 0 Å². The summed E-state index contributed by atoms with van der Waals surface area (Å²) in [5, 5.41) is 0. The second-order valence-corrected chi connectivity index (χ2v) is 5.04. The van der Waals surface area contributed by atoms with Crippen molar-refractivity contribution in [3.63, 3.8) is 0 Å². The van der Waals surface area contributed by atoms with E-state index in [0.29, 0.717) is 11.3 Å². The minimum atomic E-state index is 0.357. The van der Waals surface area contributed by atoms with Crippen molar-refractivity contribution in [1.82, 2.24) is 0 Å². The van der Waals surface area contributed by atoms with Crippen molar-refractivity contribution in [2.24, 2.45) is 0 Å². The van der Waals surface area contributed by atoms with E-state index in [1.54, 1.807) is 0 Å². The van der Waals surface area contributed by atoms with Crippen molar-refractivity contribution in [2.75, 3.05) is 0 Å². The van der Waals surface area contributed by atoms with E-state index in [0.717, 1.165) is 0 Å². The lowest BCUT2D eigenvalue weighted by Gasteiger charge is -2.27. The number of rotatable bonds is 4. The summed E-state index contributed by atoms with van der Waals surface area (Å²) in [7, 11) is 0. The molecule has 0 nitrogen and oxygen atoms in total. The lowest BCUT2D eigenvalue weighted by atomic mass is 9.77. The van der Waals surface area contributed by atoms with Crippen molar-refractivity contribution in [3.05, 3.63) is 35.4 Å². The molecule has 0 heteroatoms. The van der Waals surface area contributed by atoms with Crippen LogP contribution in [0.15, 0.2) is 24.3 Å². The van der Waals surface area contributed by atoms with Crippen LogP contribution in [0.3, 0.4) is 0 Å². The standard InChI is InChI=1S/C15H24/c1-6-15(5,7-2)14-10-8-13(9-11-14)12(3)4/h8-12H,6-7H2,1-5H3. The third-order valence-corrected chi connectivity index (χ3v) is 3.83. The predicted octanol–water partition coefficient (Wildman–Crippen LogP) is 4.89. The largest absolute Gasteiger partial charge is 0.0645 e. The molecule has 1 rings (SSSR count). The molecule has 0 N–H and O–H groups in total. The Hall–Kier alpha value is -0.780. The SMILES string of the molecule is CCC(C)(CC)c1ccc(C(C)C)cc1. The van der Waals surface area contributed by atoms with E-state index in [1.165, 1.54) is 24.0 Å². The van der Waals surface area contributed by atoms with Gasteiger partial charge in [0.1, 0.15) is 0 Å². The number of hydrogen-bond acceptors (Lipinski definition) is 0. The predicted molar refractivity (Wildman–Crippen MR) is 68.5 cm³/mol. The van der Waals surface area contributed by atoms with Gasteiger partial charge in [-0.3, -0.25) is 0 Å². The van der Waals surface area contributed by atoms with Crippen molar-refractivity contribution in [3.8, 4) is 0 Å². The van der Waals surface area contributed by atoms with Crippen molar-refractivity contribution in [2.45, 2.75) is 58.8 Å². The maximum Gasteiger partial charge on any atom is -0.00805 e. The molecule has 0 amide bonds. The van der Waals surface area contributed by atoms with Gasteiger partial charge in [0.2, 0.25) is 0 Å². The molecule has 0 spiro atoms. The maximum absolute atomic E-state index is 2.36. The van der Waals surface area contributed by atoms with Crippen LogP contribution in [0.1, 0.15) is 64.5 Å². The molecule has 0 saturated heterocycles. The fourth-order valence-corrected chi connectivity index (χ4v) is 1.93. The van der Waals surface area contributed by atoms with E-state index in [1.807, 2.05) is 0 Å². The molecule has 0 atom stereocenters. The second kappa shape index (κ2) is 4.83. The van der Waals surface area contributed by atoms with Crippen LogP contribution >= 0.6 is 0 Å². The van der Waals surface area contributed by atoms with E-state index >= 15 is 0 Å². The highest BCUT2D eigenvalue weighted by Gasteiger charge is 2.21. The fourth-order valence-electron chi connectivity index (χ4n) is 1.93. The molecule has 1 aromatic rings. The van der Waals surface area contributed by atoms with Gasteiger partial charge in [0, 0.05) is 0 Å². The van der Waals surface area contributed by atoms with Crippen LogP contribution in [-0.4, -0.2) is 0 Å². The molecule has 0 saturated carbocycles. The number of hydrogen-bond donors (Lipinski definition) is 0. The lowest BCUT2D eigenvalue weighted by Crippen LogP contribution is -2.19. The molecule has 84 valence electrons. The summed E-state index contributed by atoms with van der Waals surface area (Å²) in [6, 6.07) is 9.18. The van der Waals surface area contributed by atoms with Crippen molar-refractivity contribution < 1.29 is 0 Å². The summed E-state index contributed by atoms with van der Waals surface area (Å²) in [6.45, 7) is 11.4. The number of benzene rings is 1. The molecule has 0 fully saturated rings. The molecule has 15 heavy (non-hydrogen) atoms. The zero-order valence-corrected chi connectivity index (χ0v) is 10.8. The van der Waals surface area contributed by atoms with Crippen LogP contribution in [0.2, 0.25) is 0 Å². The third kappa shape index (κ3) is 2.62. The average molecular weight is 204 g/mol. The quantitative estimate of drug-likeness (QED) is 0.655. The molecule has 0 aromatic heterocycles. The summed E-state index contributed by atoms with van der Waals surface area (Å²) in [5.41, 5.74) is 3.28. The van der Waals surface area contributed by atoms with Crippen molar-refractivity contribution in [1.29, 1.82) is 0 Å². The average Bonchev–Trinajstić information content (AvgIpc) is 2.28. The van der Waals surface area contributed by atoms with Crippen LogP contribution < -0.4 is 0 Å². The molecule has 0 aliphatic rings. The Bertz CT molecular complexity index is 288.